The summed E-state index contributed by atoms with van der Waals surface area (Å²) in [6.07, 6.45) is 0. The van der Waals surface area contributed by atoms with E-state index in [4.69, 9.17) is 21.1 Å². The summed E-state index contributed by atoms with van der Waals surface area (Å²) in [7, 11) is 1.12. The van der Waals surface area contributed by atoms with Gasteiger partial charge in [0, 0.05) is 23.7 Å². The highest BCUT2D eigenvalue weighted by molar-refractivity contribution is 6.60. The Kier molecular flexibility index (Phi) is 7.75. The molecule has 0 unspecified atom stereocenters. The molecule has 1 N–H and O–H groups in total. The van der Waals surface area contributed by atoms with Gasteiger partial charge in [-0.3, -0.25) is 9.59 Å². The molecule has 166 valence electrons. The fraction of sp³-hybridized carbons (Fsp3) is 0.217. The van der Waals surface area contributed by atoms with E-state index in [1.165, 1.54) is 29.2 Å². The molecule has 3 rings (SSSR count). The number of aliphatic hydroxyl groups is 1. The van der Waals surface area contributed by atoms with Gasteiger partial charge in [-0.15, -0.1) is 0 Å². The third-order valence-corrected chi connectivity index (χ3v) is 4.94. The van der Waals surface area contributed by atoms with E-state index in [9.17, 15) is 19.5 Å². The summed E-state index contributed by atoms with van der Waals surface area (Å²) < 4.78 is 10.0. The molecule has 8 nitrogen and oxygen atoms in total. The highest BCUT2D eigenvalue weighted by Crippen LogP contribution is 2.24. The molecule has 0 aromatic heterocycles. The van der Waals surface area contributed by atoms with Crippen LogP contribution in [0.1, 0.15) is 5.56 Å². The van der Waals surface area contributed by atoms with Crippen LogP contribution in [-0.2, 0) is 23.9 Å². The number of aliphatic hydroxyl groups excluding tert-OH is 1. The number of Topliss-reactive ketones (excluding diaryl/α,β-unsaturated/α-hetero) is 1. The van der Waals surface area contributed by atoms with Crippen LogP contribution in [0.4, 0.5) is 5.69 Å². The number of carbonyl (C=O) groups excluding carboxylic acids is 3. The van der Waals surface area contributed by atoms with Gasteiger partial charge in [0.1, 0.15) is 11.3 Å². The topological polar surface area (TPSA) is 106 Å². The third kappa shape index (κ3) is 5.40. The van der Waals surface area contributed by atoms with Gasteiger partial charge in [-0.2, -0.15) is 0 Å². The van der Waals surface area contributed by atoms with Gasteiger partial charge in [0.05, 0.1) is 26.0 Å². The maximum Gasteiger partial charge on any atom is 0.357 e. The number of ketones is 1. The number of hydrogen-bond donors (Lipinski definition) is 1. The minimum absolute atomic E-state index is 0.178. The van der Waals surface area contributed by atoms with Crippen molar-refractivity contribution in [2.45, 2.75) is 0 Å². The first-order valence-corrected chi connectivity index (χ1v) is 10.1. The van der Waals surface area contributed by atoms with E-state index in [0.717, 1.165) is 7.11 Å². The number of para-hydroxylation sites is 1. The van der Waals surface area contributed by atoms with Crippen LogP contribution in [0.25, 0.3) is 5.76 Å². The van der Waals surface area contributed by atoms with Crippen LogP contribution in [0.2, 0.25) is 5.02 Å². The van der Waals surface area contributed by atoms with Crippen molar-refractivity contribution in [3.63, 3.8) is 0 Å². The van der Waals surface area contributed by atoms with Gasteiger partial charge < -0.3 is 19.5 Å². The Labute approximate surface area is 189 Å². The smallest absolute Gasteiger partial charge is 0.357 e. The molecule has 1 heterocycles. The van der Waals surface area contributed by atoms with E-state index in [1.54, 1.807) is 30.3 Å². The predicted molar refractivity (Wildman–Crippen MR) is 119 cm³/mol. The Bertz CT molecular complexity index is 1060. The zero-order valence-corrected chi connectivity index (χ0v) is 18.0. The lowest BCUT2D eigenvalue weighted by molar-refractivity contribution is -0.145. The van der Waals surface area contributed by atoms with Gasteiger partial charge in [0.2, 0.25) is 0 Å². The molecule has 1 aliphatic heterocycles. The van der Waals surface area contributed by atoms with Gasteiger partial charge >= 0.3 is 5.97 Å². The molecule has 1 aliphatic rings. The van der Waals surface area contributed by atoms with Crippen LogP contribution in [0.5, 0.6) is 0 Å². The molecular weight excluding hydrogens is 436 g/mol. The number of hydrogen-bond acceptors (Lipinski definition) is 7. The molecule has 0 saturated carbocycles. The monoisotopic (exact) mass is 456 g/mol. The standard InChI is InChI=1S/C23H21ClN2O6/c1-31-23(30)19(25-17-5-3-2-4-6-17)18(20(27)15-7-9-16(24)10-8-15)21(28)22(29)26-11-13-32-14-12-26/h2-10,27H,11-14H2,1H3/b20-18+,25-19?. The molecule has 1 saturated heterocycles. The molecule has 0 aliphatic carbocycles. The van der Waals surface area contributed by atoms with Crippen molar-refractivity contribution in [2.75, 3.05) is 33.4 Å². The van der Waals surface area contributed by atoms with Gasteiger partial charge in [-0.1, -0.05) is 29.8 Å². The molecule has 32 heavy (non-hydrogen) atoms. The van der Waals surface area contributed by atoms with E-state index < -0.39 is 34.7 Å². The second kappa shape index (κ2) is 10.7. The molecule has 9 heteroatoms. The van der Waals surface area contributed by atoms with E-state index in [1.807, 2.05) is 0 Å². The van der Waals surface area contributed by atoms with Crippen LogP contribution in [0, 0.1) is 0 Å². The number of nitrogens with zero attached hydrogens (tertiary/aromatic N) is 2. The van der Waals surface area contributed by atoms with Crippen molar-refractivity contribution in [3.05, 3.63) is 70.8 Å². The summed E-state index contributed by atoms with van der Waals surface area (Å²) in [6, 6.07) is 14.3. The molecule has 2 aromatic carbocycles. The summed E-state index contributed by atoms with van der Waals surface area (Å²) >= 11 is 5.92. The van der Waals surface area contributed by atoms with Crippen LogP contribution in [0.15, 0.2) is 65.2 Å². The molecule has 1 fully saturated rings. The van der Waals surface area contributed by atoms with Crippen LogP contribution in [-0.4, -0.2) is 66.8 Å². The number of carbonyl (C=O) groups is 3. The number of amides is 1. The van der Waals surface area contributed by atoms with Crippen molar-refractivity contribution >= 4 is 46.4 Å². The summed E-state index contributed by atoms with van der Waals surface area (Å²) in [4.78, 5) is 44.4. The number of benzene rings is 2. The number of methoxy groups -OCH3 is 1. The van der Waals surface area contributed by atoms with Crippen LogP contribution in [0.3, 0.4) is 0 Å². The van der Waals surface area contributed by atoms with Crippen LogP contribution < -0.4 is 0 Å². The molecule has 0 bridgehead atoms. The lowest BCUT2D eigenvalue weighted by Crippen LogP contribution is -2.45. The number of morpholine rings is 1. The summed E-state index contributed by atoms with van der Waals surface area (Å²) in [5.74, 6) is -3.53. The molecular formula is C23H21ClN2O6. The minimum Gasteiger partial charge on any atom is -0.506 e. The maximum atomic E-state index is 13.3. The van der Waals surface area contributed by atoms with Crippen molar-refractivity contribution in [1.82, 2.24) is 4.90 Å². The molecule has 0 radical (unpaired) electrons. The van der Waals surface area contributed by atoms with Gasteiger partial charge in [-0.05, 0) is 36.4 Å². The second-order valence-electron chi connectivity index (χ2n) is 6.75. The quantitative estimate of drug-likeness (QED) is 0.235. The largest absolute Gasteiger partial charge is 0.506 e. The Morgan fingerprint density at radius 3 is 2.25 bits per heavy atom. The first-order valence-electron chi connectivity index (χ1n) is 9.75. The predicted octanol–water partition coefficient (Wildman–Crippen LogP) is 2.98. The first kappa shape index (κ1) is 23.2. The third-order valence-electron chi connectivity index (χ3n) is 4.69. The second-order valence-corrected chi connectivity index (χ2v) is 7.19. The number of rotatable bonds is 6. The fourth-order valence-corrected chi connectivity index (χ4v) is 3.15. The van der Waals surface area contributed by atoms with Gasteiger partial charge in [-0.25, -0.2) is 9.79 Å². The van der Waals surface area contributed by atoms with E-state index in [2.05, 4.69) is 4.99 Å². The SMILES string of the molecule is COC(=O)C(=Nc1ccccc1)/C(C(=O)C(=O)N1CCOCC1)=C(\O)c1ccc(Cl)cc1. The van der Waals surface area contributed by atoms with E-state index >= 15 is 0 Å². The number of halogens is 1. The zero-order valence-electron chi connectivity index (χ0n) is 17.3. The van der Waals surface area contributed by atoms with Crippen LogP contribution >= 0.6 is 11.6 Å². The minimum atomic E-state index is -1.08. The Hall–Kier alpha value is -3.49. The number of aliphatic imine (C=N–C) groups is 1. The van der Waals surface area contributed by atoms with Crippen molar-refractivity contribution in [2.24, 2.45) is 4.99 Å². The van der Waals surface area contributed by atoms with Crippen molar-refractivity contribution in [1.29, 1.82) is 0 Å². The Balaban J connectivity index is 2.17. The Morgan fingerprint density at radius 2 is 1.66 bits per heavy atom. The lowest BCUT2D eigenvalue weighted by atomic mass is 9.98. The van der Waals surface area contributed by atoms with Crippen molar-refractivity contribution in [3.8, 4) is 0 Å². The summed E-state index contributed by atoms with van der Waals surface area (Å²) in [6.45, 7) is 0.984. The maximum absolute atomic E-state index is 13.3. The highest BCUT2D eigenvalue weighted by atomic mass is 35.5. The first-order chi connectivity index (χ1) is 15.4. The average Bonchev–Trinajstić information content (AvgIpc) is 2.84. The summed E-state index contributed by atoms with van der Waals surface area (Å²) in [5, 5.41) is 11.4. The Morgan fingerprint density at radius 1 is 1.03 bits per heavy atom. The zero-order chi connectivity index (χ0) is 23.1. The van der Waals surface area contributed by atoms with Gasteiger partial charge in [0.25, 0.3) is 11.7 Å². The molecule has 2 aromatic rings. The number of esters is 1. The molecule has 0 spiro atoms. The summed E-state index contributed by atoms with van der Waals surface area (Å²) in [5.41, 5.74) is -0.532. The lowest BCUT2D eigenvalue weighted by Gasteiger charge is -2.26. The molecule has 1 amide bonds. The van der Waals surface area contributed by atoms with Crippen molar-refractivity contribution < 1.29 is 29.0 Å². The average molecular weight is 457 g/mol. The number of ether oxygens (including phenoxy) is 2. The highest BCUT2D eigenvalue weighted by Gasteiger charge is 2.35. The normalized spacial score (nSPS) is 15.1. The molecule has 0 atom stereocenters. The fourth-order valence-electron chi connectivity index (χ4n) is 3.03. The van der Waals surface area contributed by atoms with E-state index in [0.29, 0.717) is 10.7 Å². The van der Waals surface area contributed by atoms with Gasteiger partial charge in [0.15, 0.2) is 5.71 Å². The van der Waals surface area contributed by atoms with E-state index in [-0.39, 0.29) is 31.9 Å².